The lowest BCUT2D eigenvalue weighted by Gasteiger charge is -2.07. The minimum atomic E-state index is -0.561. The third-order valence-corrected chi connectivity index (χ3v) is 2.75. The molecule has 1 aromatic rings. The van der Waals surface area contributed by atoms with Crippen LogP contribution in [0, 0.1) is 10.1 Å². The second kappa shape index (κ2) is 6.96. The number of halogens is 1. The molecule has 0 bridgehead atoms. The van der Waals surface area contributed by atoms with Crippen molar-refractivity contribution < 1.29 is 14.5 Å². The summed E-state index contributed by atoms with van der Waals surface area (Å²) < 4.78 is 4.98. The van der Waals surface area contributed by atoms with Gasteiger partial charge in [-0.15, -0.1) is 11.6 Å². The zero-order valence-electron chi connectivity index (χ0n) is 10.0. The highest BCUT2D eigenvalue weighted by molar-refractivity contribution is 6.17. The number of carbonyl (C=O) groups excluding carboxylic acids is 1. The van der Waals surface area contributed by atoms with Crippen molar-refractivity contribution in [3.8, 4) is 5.75 Å². The minimum absolute atomic E-state index is 0.0263. The number of hydrogen-bond acceptors (Lipinski definition) is 4. The Bertz CT molecular complexity index is 448. The average molecular weight is 272 g/mol. The number of nitro groups is 1. The predicted molar refractivity (Wildman–Crippen MR) is 68.5 cm³/mol. The van der Waals surface area contributed by atoms with Crippen LogP contribution < -0.4 is 4.74 Å². The van der Waals surface area contributed by atoms with Crippen LogP contribution in [0.15, 0.2) is 18.2 Å². The van der Waals surface area contributed by atoms with Gasteiger partial charge >= 0.3 is 5.69 Å². The molecule has 1 aromatic carbocycles. The highest BCUT2D eigenvalue weighted by Crippen LogP contribution is 2.31. The molecule has 0 radical (unpaired) electrons. The van der Waals surface area contributed by atoms with E-state index in [1.807, 2.05) is 0 Å². The molecule has 0 atom stereocenters. The van der Waals surface area contributed by atoms with Crippen LogP contribution in [-0.2, 0) is 0 Å². The Labute approximate surface area is 110 Å². The SMILES string of the molecule is COc1c(C(=O)CCCCCl)cccc1[N+](=O)[O-]. The van der Waals surface area contributed by atoms with Crippen molar-refractivity contribution >= 4 is 23.1 Å². The molecule has 0 aromatic heterocycles. The van der Waals surface area contributed by atoms with E-state index < -0.39 is 4.92 Å². The smallest absolute Gasteiger partial charge is 0.311 e. The summed E-state index contributed by atoms with van der Waals surface area (Å²) in [6, 6.07) is 4.33. The average Bonchev–Trinajstić information content (AvgIpc) is 2.37. The molecule has 0 saturated heterocycles. The number of para-hydroxylation sites is 1. The van der Waals surface area contributed by atoms with E-state index in [-0.39, 0.29) is 22.8 Å². The number of rotatable bonds is 7. The van der Waals surface area contributed by atoms with Gasteiger partial charge in [-0.1, -0.05) is 6.07 Å². The molecule has 0 aliphatic rings. The number of unbranched alkanes of at least 4 members (excludes halogenated alkanes) is 1. The molecule has 18 heavy (non-hydrogen) atoms. The Morgan fingerprint density at radius 2 is 2.17 bits per heavy atom. The van der Waals surface area contributed by atoms with E-state index in [4.69, 9.17) is 16.3 Å². The van der Waals surface area contributed by atoms with E-state index in [0.29, 0.717) is 18.7 Å². The third-order valence-electron chi connectivity index (χ3n) is 2.48. The number of ether oxygens (including phenoxy) is 1. The molecule has 5 nitrogen and oxygen atoms in total. The fraction of sp³-hybridized carbons (Fsp3) is 0.417. The Hall–Kier alpha value is -1.62. The van der Waals surface area contributed by atoms with Gasteiger partial charge in [0.1, 0.15) is 0 Å². The Balaban J connectivity index is 2.97. The van der Waals surface area contributed by atoms with Crippen LogP contribution in [0.2, 0.25) is 0 Å². The van der Waals surface area contributed by atoms with Gasteiger partial charge in [0.25, 0.3) is 0 Å². The Morgan fingerprint density at radius 1 is 1.44 bits per heavy atom. The molecule has 0 N–H and O–H groups in total. The van der Waals surface area contributed by atoms with E-state index in [0.717, 1.165) is 6.42 Å². The summed E-state index contributed by atoms with van der Waals surface area (Å²) in [6.07, 6.45) is 1.71. The van der Waals surface area contributed by atoms with Gasteiger partial charge in [-0.3, -0.25) is 14.9 Å². The lowest BCUT2D eigenvalue weighted by Crippen LogP contribution is -2.04. The number of hydrogen-bond donors (Lipinski definition) is 0. The number of nitrogens with zero attached hydrogens (tertiary/aromatic N) is 1. The zero-order valence-corrected chi connectivity index (χ0v) is 10.8. The van der Waals surface area contributed by atoms with Gasteiger partial charge in [-0.2, -0.15) is 0 Å². The standard InChI is InChI=1S/C12H14ClNO4/c1-18-12-9(11(15)7-2-3-8-13)5-4-6-10(12)14(16)17/h4-6H,2-3,7-8H2,1H3. The largest absolute Gasteiger partial charge is 0.490 e. The number of ketones is 1. The number of Topliss-reactive ketones (excluding diaryl/α,β-unsaturated/α-hetero) is 1. The first-order valence-electron chi connectivity index (χ1n) is 5.52. The van der Waals surface area contributed by atoms with Crippen LogP contribution >= 0.6 is 11.6 Å². The zero-order chi connectivity index (χ0) is 13.5. The van der Waals surface area contributed by atoms with Gasteiger partial charge < -0.3 is 4.74 Å². The molecule has 0 saturated carbocycles. The number of alkyl halides is 1. The molecule has 0 aliphatic carbocycles. The minimum Gasteiger partial charge on any atom is -0.490 e. The van der Waals surface area contributed by atoms with Crippen molar-refractivity contribution in [2.75, 3.05) is 13.0 Å². The van der Waals surface area contributed by atoms with E-state index in [1.54, 1.807) is 0 Å². The van der Waals surface area contributed by atoms with Crippen LogP contribution in [0.1, 0.15) is 29.6 Å². The summed E-state index contributed by atoms with van der Waals surface area (Å²) in [6.45, 7) is 0. The van der Waals surface area contributed by atoms with Gasteiger partial charge in [-0.25, -0.2) is 0 Å². The van der Waals surface area contributed by atoms with Crippen LogP contribution in [0.4, 0.5) is 5.69 Å². The van der Waals surface area contributed by atoms with E-state index in [9.17, 15) is 14.9 Å². The predicted octanol–water partition coefficient (Wildman–Crippen LogP) is 3.20. The van der Waals surface area contributed by atoms with Crippen molar-refractivity contribution in [2.24, 2.45) is 0 Å². The molecule has 0 unspecified atom stereocenters. The van der Waals surface area contributed by atoms with Gasteiger partial charge in [0.15, 0.2) is 5.78 Å². The van der Waals surface area contributed by atoms with Gasteiger partial charge in [0.05, 0.1) is 17.6 Å². The Kier molecular flexibility index (Phi) is 5.58. The van der Waals surface area contributed by atoms with Crippen molar-refractivity contribution in [2.45, 2.75) is 19.3 Å². The first-order valence-corrected chi connectivity index (χ1v) is 6.05. The lowest BCUT2D eigenvalue weighted by molar-refractivity contribution is -0.385. The van der Waals surface area contributed by atoms with E-state index >= 15 is 0 Å². The summed E-state index contributed by atoms with van der Waals surface area (Å²) in [5.74, 6) is 0.360. The highest BCUT2D eigenvalue weighted by Gasteiger charge is 2.21. The molecule has 0 spiro atoms. The molecule has 0 fully saturated rings. The molecular formula is C12H14ClNO4. The maximum Gasteiger partial charge on any atom is 0.311 e. The lowest BCUT2D eigenvalue weighted by atomic mass is 10.0. The van der Waals surface area contributed by atoms with Crippen LogP contribution in [0.25, 0.3) is 0 Å². The number of methoxy groups -OCH3 is 1. The van der Waals surface area contributed by atoms with Crippen molar-refractivity contribution in [3.63, 3.8) is 0 Å². The fourth-order valence-electron chi connectivity index (χ4n) is 1.62. The molecule has 1 rings (SSSR count). The normalized spacial score (nSPS) is 10.1. The first-order chi connectivity index (χ1) is 8.61. The second-order valence-electron chi connectivity index (χ2n) is 3.68. The van der Waals surface area contributed by atoms with Crippen LogP contribution in [0.3, 0.4) is 0 Å². The van der Waals surface area contributed by atoms with Gasteiger partial charge in [-0.05, 0) is 18.9 Å². The van der Waals surface area contributed by atoms with Crippen molar-refractivity contribution in [1.82, 2.24) is 0 Å². The quantitative estimate of drug-likeness (QED) is 0.251. The Morgan fingerprint density at radius 3 is 2.72 bits per heavy atom. The van der Waals surface area contributed by atoms with Crippen LogP contribution in [0.5, 0.6) is 5.75 Å². The van der Waals surface area contributed by atoms with E-state index in [1.165, 1.54) is 25.3 Å². The topological polar surface area (TPSA) is 69.4 Å². The summed E-state index contributed by atoms with van der Waals surface area (Å²) >= 11 is 5.53. The van der Waals surface area contributed by atoms with Crippen LogP contribution in [-0.4, -0.2) is 23.7 Å². The third kappa shape index (κ3) is 3.43. The van der Waals surface area contributed by atoms with Gasteiger partial charge in [0.2, 0.25) is 5.75 Å². The van der Waals surface area contributed by atoms with Crippen molar-refractivity contribution in [1.29, 1.82) is 0 Å². The first kappa shape index (κ1) is 14.4. The summed E-state index contributed by atoms with van der Waals surface area (Å²) in [5, 5.41) is 10.8. The fourth-order valence-corrected chi connectivity index (χ4v) is 1.81. The van der Waals surface area contributed by atoms with Gasteiger partial charge in [0, 0.05) is 18.4 Å². The molecule has 6 heteroatoms. The molecule has 0 aliphatic heterocycles. The maximum atomic E-state index is 11.9. The number of carbonyl (C=O) groups is 1. The molecule has 98 valence electrons. The summed E-state index contributed by atoms with van der Waals surface area (Å²) in [7, 11) is 1.32. The monoisotopic (exact) mass is 271 g/mol. The maximum absolute atomic E-state index is 11.9. The molecule has 0 amide bonds. The molecule has 0 heterocycles. The number of nitro benzene ring substituents is 1. The number of benzene rings is 1. The second-order valence-corrected chi connectivity index (χ2v) is 4.06. The van der Waals surface area contributed by atoms with Crippen molar-refractivity contribution in [3.05, 3.63) is 33.9 Å². The highest BCUT2D eigenvalue weighted by atomic mass is 35.5. The summed E-state index contributed by atoms with van der Waals surface area (Å²) in [5.41, 5.74) is 0.0574. The summed E-state index contributed by atoms with van der Waals surface area (Å²) in [4.78, 5) is 22.2. The molecular weight excluding hydrogens is 258 g/mol. The van der Waals surface area contributed by atoms with E-state index in [2.05, 4.69) is 0 Å².